The van der Waals surface area contributed by atoms with Crippen LogP contribution in [-0.2, 0) is 44.7 Å². The topological polar surface area (TPSA) is 121 Å². The molecule has 0 saturated carbocycles. The van der Waals surface area contributed by atoms with Gasteiger partial charge in [0.2, 0.25) is 0 Å². The van der Waals surface area contributed by atoms with Crippen molar-refractivity contribution in [3.05, 3.63) is 65.5 Å². The predicted octanol–water partition coefficient (Wildman–Crippen LogP) is 4.07. The molecule has 12 heteroatoms. The third-order valence-corrected chi connectivity index (χ3v) is 8.16. The number of carbonyl (C=O) groups is 4. The molecule has 2 saturated heterocycles. The fraction of sp³-hybridized carbons (Fsp3) is 0.500. The number of hydrogen-bond acceptors (Lipinski definition) is 10. The highest BCUT2D eigenvalue weighted by molar-refractivity contribution is 5.70. The molecule has 3 aliphatic heterocycles. The Kier molecular flexibility index (Phi) is 9.68. The van der Waals surface area contributed by atoms with Gasteiger partial charge in [-0.2, -0.15) is 0 Å². The lowest BCUT2D eigenvalue weighted by Crippen LogP contribution is -2.62. The molecule has 3 heterocycles. The fourth-order valence-electron chi connectivity index (χ4n) is 6.43. The lowest BCUT2D eigenvalue weighted by Gasteiger charge is -2.44. The van der Waals surface area contributed by atoms with Crippen LogP contribution in [0, 0.1) is 5.82 Å². The summed E-state index contributed by atoms with van der Waals surface area (Å²) >= 11 is 0. The minimum atomic E-state index is -1.18. The van der Waals surface area contributed by atoms with Crippen LogP contribution in [0.2, 0.25) is 0 Å². The second kappa shape index (κ2) is 13.6. The van der Waals surface area contributed by atoms with Gasteiger partial charge < -0.3 is 33.5 Å². The molecule has 44 heavy (non-hydrogen) atoms. The van der Waals surface area contributed by atoms with E-state index in [1.165, 1.54) is 32.9 Å². The summed E-state index contributed by atoms with van der Waals surface area (Å²) in [5, 5.41) is 0. The smallest absolute Gasteiger partial charge is 0.410 e. The van der Waals surface area contributed by atoms with Crippen LogP contribution in [0.15, 0.2) is 48.5 Å². The van der Waals surface area contributed by atoms with E-state index in [2.05, 4.69) is 0 Å². The number of esters is 3. The molecule has 0 radical (unpaired) electrons. The SMILES string of the molecule is CC(=O)O[C@H]1[C@H](OC(C)=O)COC(N2CC(C[C@@H]3CCCN3C(=O)OCc3ccccc3)c3ccc(F)cc32)[C@@H]1OC(C)=O. The Bertz CT molecular complexity index is 1370. The van der Waals surface area contributed by atoms with Gasteiger partial charge in [-0.1, -0.05) is 36.4 Å². The lowest BCUT2D eigenvalue weighted by atomic mass is 9.93. The summed E-state index contributed by atoms with van der Waals surface area (Å²) in [5.74, 6) is -2.52. The number of carbonyl (C=O) groups excluding carboxylic acids is 4. The zero-order valence-electron chi connectivity index (χ0n) is 25.0. The van der Waals surface area contributed by atoms with E-state index in [1.54, 1.807) is 15.9 Å². The van der Waals surface area contributed by atoms with Crippen LogP contribution in [0.3, 0.4) is 0 Å². The molecule has 2 aromatic carbocycles. The Morgan fingerprint density at radius 2 is 1.64 bits per heavy atom. The van der Waals surface area contributed by atoms with E-state index >= 15 is 0 Å². The third-order valence-electron chi connectivity index (χ3n) is 8.16. The average molecular weight is 613 g/mol. The Morgan fingerprint density at radius 1 is 0.932 bits per heavy atom. The Hall–Kier alpha value is -4.19. The summed E-state index contributed by atoms with van der Waals surface area (Å²) in [7, 11) is 0. The quantitative estimate of drug-likeness (QED) is 0.319. The van der Waals surface area contributed by atoms with Crippen molar-refractivity contribution in [2.75, 3.05) is 24.6 Å². The van der Waals surface area contributed by atoms with Gasteiger partial charge >= 0.3 is 24.0 Å². The molecular formula is C32H37FN2O9. The van der Waals surface area contributed by atoms with Crippen molar-refractivity contribution in [2.45, 2.75) is 83.1 Å². The number of ether oxygens (including phenoxy) is 5. The van der Waals surface area contributed by atoms with E-state index in [4.69, 9.17) is 23.7 Å². The van der Waals surface area contributed by atoms with Crippen molar-refractivity contribution in [3.8, 4) is 0 Å². The van der Waals surface area contributed by atoms with Crippen LogP contribution in [0.4, 0.5) is 14.9 Å². The Balaban J connectivity index is 1.37. The molecule has 0 spiro atoms. The molecule has 2 aromatic rings. The molecule has 2 unspecified atom stereocenters. The van der Waals surface area contributed by atoms with Crippen molar-refractivity contribution in [1.29, 1.82) is 0 Å². The number of amides is 1. The van der Waals surface area contributed by atoms with Crippen molar-refractivity contribution >= 4 is 29.7 Å². The number of benzene rings is 2. The average Bonchev–Trinajstić information content (AvgIpc) is 3.58. The highest BCUT2D eigenvalue weighted by Gasteiger charge is 2.51. The van der Waals surface area contributed by atoms with Crippen LogP contribution in [0.5, 0.6) is 0 Å². The second-order valence-corrected chi connectivity index (χ2v) is 11.3. The van der Waals surface area contributed by atoms with Gasteiger partial charge in [0.1, 0.15) is 12.4 Å². The molecule has 0 N–H and O–H groups in total. The summed E-state index contributed by atoms with van der Waals surface area (Å²) in [6, 6.07) is 13.9. The van der Waals surface area contributed by atoms with E-state index in [9.17, 15) is 23.6 Å². The maximum absolute atomic E-state index is 14.6. The molecule has 0 aliphatic carbocycles. The molecule has 2 fully saturated rings. The number of likely N-dealkylation sites (tertiary alicyclic amines) is 1. The first-order chi connectivity index (χ1) is 21.1. The summed E-state index contributed by atoms with van der Waals surface area (Å²) < 4.78 is 42.9. The number of fused-ring (bicyclic) bond motifs is 1. The third kappa shape index (κ3) is 7.12. The number of hydrogen-bond donors (Lipinski definition) is 0. The molecule has 11 nitrogen and oxygen atoms in total. The molecule has 1 amide bonds. The van der Waals surface area contributed by atoms with Gasteiger partial charge in [-0.15, -0.1) is 0 Å². The van der Waals surface area contributed by atoms with Crippen molar-refractivity contribution < 1.29 is 47.3 Å². The van der Waals surface area contributed by atoms with Crippen LogP contribution >= 0.6 is 0 Å². The second-order valence-electron chi connectivity index (χ2n) is 11.3. The predicted molar refractivity (Wildman–Crippen MR) is 154 cm³/mol. The van der Waals surface area contributed by atoms with E-state index in [0.717, 1.165) is 24.0 Å². The van der Waals surface area contributed by atoms with Gasteiger partial charge in [0.25, 0.3) is 0 Å². The number of halogens is 1. The molecular weight excluding hydrogens is 575 g/mol. The van der Waals surface area contributed by atoms with Crippen LogP contribution in [0.25, 0.3) is 0 Å². The van der Waals surface area contributed by atoms with Gasteiger partial charge in [0.05, 0.1) is 6.61 Å². The summed E-state index contributed by atoms with van der Waals surface area (Å²) in [6.45, 7) is 4.60. The van der Waals surface area contributed by atoms with Gasteiger partial charge in [-0.25, -0.2) is 9.18 Å². The maximum atomic E-state index is 14.6. The van der Waals surface area contributed by atoms with Crippen LogP contribution in [-0.4, -0.2) is 79.2 Å². The first-order valence-electron chi connectivity index (χ1n) is 14.8. The van der Waals surface area contributed by atoms with Crippen LogP contribution < -0.4 is 4.90 Å². The van der Waals surface area contributed by atoms with E-state index in [-0.39, 0.29) is 31.3 Å². The monoisotopic (exact) mass is 612 g/mol. The number of anilines is 1. The van der Waals surface area contributed by atoms with E-state index < -0.39 is 48.3 Å². The number of rotatable bonds is 8. The Morgan fingerprint density at radius 3 is 2.34 bits per heavy atom. The van der Waals surface area contributed by atoms with E-state index in [0.29, 0.717) is 25.2 Å². The molecule has 0 bridgehead atoms. The summed E-state index contributed by atoms with van der Waals surface area (Å²) in [6.07, 6.45) is -2.49. The molecule has 3 aliphatic rings. The summed E-state index contributed by atoms with van der Waals surface area (Å²) in [4.78, 5) is 52.7. The van der Waals surface area contributed by atoms with Gasteiger partial charge in [-0.3, -0.25) is 14.4 Å². The molecule has 236 valence electrons. The van der Waals surface area contributed by atoms with Gasteiger partial charge in [0.15, 0.2) is 24.5 Å². The van der Waals surface area contributed by atoms with Crippen molar-refractivity contribution in [2.24, 2.45) is 0 Å². The molecule has 0 aromatic heterocycles. The standard InChI is InChI=1S/C32H37FN2O9/c1-19(36)42-28-18-40-31(30(44-21(3)38)29(28)43-20(2)37)35-16-23(26-12-11-24(33)15-27(26)35)14-25-10-7-13-34(25)32(39)41-17-22-8-5-4-6-9-22/h4-6,8-9,11-12,15,23,25,28-31H,7,10,13-14,16-18H2,1-3H3/t23?,25-,28+,29-,30+,31?/m0/s1. The zero-order valence-corrected chi connectivity index (χ0v) is 25.0. The van der Waals surface area contributed by atoms with E-state index in [1.807, 2.05) is 30.3 Å². The lowest BCUT2D eigenvalue weighted by molar-refractivity contribution is -0.225. The zero-order chi connectivity index (χ0) is 31.4. The van der Waals surface area contributed by atoms with Gasteiger partial charge in [-0.05, 0) is 42.5 Å². The molecule has 6 atom stereocenters. The van der Waals surface area contributed by atoms with Gasteiger partial charge in [0, 0.05) is 51.5 Å². The first kappa shape index (κ1) is 31.2. The van der Waals surface area contributed by atoms with Crippen molar-refractivity contribution in [1.82, 2.24) is 4.90 Å². The largest absolute Gasteiger partial charge is 0.456 e. The highest BCUT2D eigenvalue weighted by Crippen LogP contribution is 2.44. The maximum Gasteiger partial charge on any atom is 0.410 e. The molecule has 5 rings (SSSR count). The number of nitrogens with zero attached hydrogens (tertiary/aromatic N) is 2. The summed E-state index contributed by atoms with van der Waals surface area (Å²) in [5.41, 5.74) is 2.30. The fourth-order valence-corrected chi connectivity index (χ4v) is 6.43. The van der Waals surface area contributed by atoms with Crippen molar-refractivity contribution in [3.63, 3.8) is 0 Å². The highest BCUT2D eigenvalue weighted by atomic mass is 19.1. The Labute approximate surface area is 255 Å². The van der Waals surface area contributed by atoms with Crippen LogP contribution in [0.1, 0.15) is 57.1 Å². The normalized spacial score (nSPS) is 26.1. The first-order valence-corrected chi connectivity index (χ1v) is 14.8. The minimum absolute atomic E-state index is 0.0974. The minimum Gasteiger partial charge on any atom is -0.456 e.